The molecule has 0 aliphatic heterocycles. The second-order valence-electron chi connectivity index (χ2n) is 7.99. The smallest absolute Gasteiger partial charge is 0.0352 e. The molecule has 1 heteroatoms. The van der Waals surface area contributed by atoms with Crippen LogP contribution in [-0.4, -0.2) is 0 Å². The summed E-state index contributed by atoms with van der Waals surface area (Å²) in [5.74, 6) is 1.43. The molecule has 118 valence electrons. The van der Waals surface area contributed by atoms with Crippen LogP contribution in [0.3, 0.4) is 0 Å². The van der Waals surface area contributed by atoms with Gasteiger partial charge in [-0.1, -0.05) is 64.8 Å². The van der Waals surface area contributed by atoms with Crippen LogP contribution in [0.5, 0.6) is 0 Å². The minimum absolute atomic E-state index is 0.203. The highest BCUT2D eigenvalue weighted by atomic mass is 14.7. The van der Waals surface area contributed by atoms with Crippen LogP contribution in [0.4, 0.5) is 0 Å². The fourth-order valence-corrected chi connectivity index (χ4v) is 4.27. The van der Waals surface area contributed by atoms with Gasteiger partial charge in [-0.25, -0.2) is 0 Å². The third-order valence-electron chi connectivity index (χ3n) is 5.03. The molecule has 0 heterocycles. The summed E-state index contributed by atoms with van der Waals surface area (Å²) in [7, 11) is 0. The van der Waals surface area contributed by atoms with Crippen LogP contribution < -0.4 is 5.73 Å². The van der Waals surface area contributed by atoms with Crippen LogP contribution in [0.15, 0.2) is 24.3 Å². The van der Waals surface area contributed by atoms with Crippen LogP contribution in [-0.2, 0) is 6.42 Å². The Morgan fingerprint density at radius 1 is 1.05 bits per heavy atom. The fraction of sp³-hybridized carbons (Fsp3) is 0.700. The first-order valence-electron chi connectivity index (χ1n) is 8.77. The van der Waals surface area contributed by atoms with Gasteiger partial charge in [-0.2, -0.15) is 0 Å². The average molecular weight is 287 g/mol. The maximum atomic E-state index is 6.78. The standard InChI is InChI=1S/C20H33N/c1-15(2)12-17-8-7-9-18(13-17)19(21)20(14-16(3)4)10-5-6-11-20/h7-9,13,15-16,19H,5-6,10-12,14,21H2,1-4H3. The highest BCUT2D eigenvalue weighted by Crippen LogP contribution is 2.50. The summed E-state index contributed by atoms with van der Waals surface area (Å²) >= 11 is 0. The van der Waals surface area contributed by atoms with Gasteiger partial charge in [-0.05, 0) is 54.1 Å². The first-order valence-corrected chi connectivity index (χ1v) is 8.77. The molecule has 1 aromatic carbocycles. The second-order valence-corrected chi connectivity index (χ2v) is 7.99. The molecule has 1 saturated carbocycles. The molecule has 1 aromatic rings. The summed E-state index contributed by atoms with van der Waals surface area (Å²) in [6.45, 7) is 9.23. The Balaban J connectivity index is 2.22. The number of hydrogen-bond acceptors (Lipinski definition) is 1. The Labute approximate surface area is 131 Å². The summed E-state index contributed by atoms with van der Waals surface area (Å²) in [5.41, 5.74) is 9.92. The van der Waals surface area contributed by atoms with E-state index in [4.69, 9.17) is 5.73 Å². The Bertz CT molecular complexity index is 441. The summed E-state index contributed by atoms with van der Waals surface area (Å²) in [5, 5.41) is 0. The highest BCUT2D eigenvalue weighted by molar-refractivity contribution is 5.28. The van der Waals surface area contributed by atoms with Crippen molar-refractivity contribution in [3.8, 4) is 0 Å². The SMILES string of the molecule is CC(C)Cc1cccc(C(N)C2(CC(C)C)CCCC2)c1. The zero-order chi connectivity index (χ0) is 15.5. The van der Waals surface area contributed by atoms with Crippen LogP contribution in [0.25, 0.3) is 0 Å². The first kappa shape index (κ1) is 16.5. The van der Waals surface area contributed by atoms with E-state index in [1.165, 1.54) is 43.2 Å². The third kappa shape index (κ3) is 4.10. The van der Waals surface area contributed by atoms with Crippen LogP contribution in [0.1, 0.15) is 77.0 Å². The van der Waals surface area contributed by atoms with Crippen molar-refractivity contribution in [2.75, 3.05) is 0 Å². The van der Waals surface area contributed by atoms with Crippen molar-refractivity contribution >= 4 is 0 Å². The Morgan fingerprint density at radius 3 is 2.29 bits per heavy atom. The predicted molar refractivity (Wildman–Crippen MR) is 92.3 cm³/mol. The van der Waals surface area contributed by atoms with Crippen molar-refractivity contribution in [2.45, 2.75) is 72.3 Å². The van der Waals surface area contributed by atoms with Crippen molar-refractivity contribution in [3.63, 3.8) is 0 Å². The maximum Gasteiger partial charge on any atom is 0.0352 e. The monoisotopic (exact) mass is 287 g/mol. The normalized spacial score (nSPS) is 19.4. The lowest BCUT2D eigenvalue weighted by Crippen LogP contribution is -2.33. The van der Waals surface area contributed by atoms with E-state index in [0.717, 1.165) is 12.3 Å². The molecule has 1 aliphatic carbocycles. The maximum absolute atomic E-state index is 6.78. The van der Waals surface area contributed by atoms with Gasteiger partial charge in [0.2, 0.25) is 0 Å². The van der Waals surface area contributed by atoms with Gasteiger partial charge in [0.25, 0.3) is 0 Å². The van der Waals surface area contributed by atoms with Gasteiger partial charge >= 0.3 is 0 Å². The summed E-state index contributed by atoms with van der Waals surface area (Å²) in [4.78, 5) is 0. The second kappa shape index (κ2) is 6.96. The van der Waals surface area contributed by atoms with Gasteiger partial charge in [0.15, 0.2) is 0 Å². The van der Waals surface area contributed by atoms with E-state index in [-0.39, 0.29) is 6.04 Å². The molecular formula is C20H33N. The number of nitrogens with two attached hydrogens (primary N) is 1. The molecule has 1 fully saturated rings. The van der Waals surface area contributed by atoms with E-state index in [1.54, 1.807) is 0 Å². The number of hydrogen-bond donors (Lipinski definition) is 1. The van der Waals surface area contributed by atoms with Gasteiger partial charge in [0.05, 0.1) is 0 Å². The fourth-order valence-electron chi connectivity index (χ4n) is 4.27. The van der Waals surface area contributed by atoms with E-state index in [9.17, 15) is 0 Å². The van der Waals surface area contributed by atoms with E-state index >= 15 is 0 Å². The molecule has 1 aliphatic rings. The molecule has 0 aromatic heterocycles. The van der Waals surface area contributed by atoms with E-state index in [2.05, 4.69) is 52.0 Å². The predicted octanol–water partition coefficient (Wildman–Crippen LogP) is 5.49. The largest absolute Gasteiger partial charge is 0.323 e. The molecule has 1 unspecified atom stereocenters. The molecule has 0 bridgehead atoms. The van der Waals surface area contributed by atoms with Gasteiger partial charge in [0.1, 0.15) is 0 Å². The quantitative estimate of drug-likeness (QED) is 0.735. The summed E-state index contributed by atoms with van der Waals surface area (Å²) < 4.78 is 0. The zero-order valence-corrected chi connectivity index (χ0v) is 14.4. The Kier molecular flexibility index (Phi) is 5.48. The lowest BCUT2D eigenvalue weighted by Gasteiger charge is -2.37. The lowest BCUT2D eigenvalue weighted by molar-refractivity contribution is 0.183. The lowest BCUT2D eigenvalue weighted by atomic mass is 9.70. The minimum Gasteiger partial charge on any atom is -0.323 e. The van der Waals surface area contributed by atoms with Gasteiger partial charge in [-0.15, -0.1) is 0 Å². The molecule has 2 N–H and O–H groups in total. The van der Waals surface area contributed by atoms with Crippen molar-refractivity contribution in [1.82, 2.24) is 0 Å². The molecule has 0 amide bonds. The van der Waals surface area contributed by atoms with Crippen LogP contribution >= 0.6 is 0 Å². The zero-order valence-electron chi connectivity index (χ0n) is 14.4. The topological polar surface area (TPSA) is 26.0 Å². The molecule has 21 heavy (non-hydrogen) atoms. The van der Waals surface area contributed by atoms with Gasteiger partial charge in [-0.3, -0.25) is 0 Å². The van der Waals surface area contributed by atoms with Crippen molar-refractivity contribution in [2.24, 2.45) is 23.0 Å². The molecule has 0 saturated heterocycles. The molecule has 0 spiro atoms. The third-order valence-corrected chi connectivity index (χ3v) is 5.03. The van der Waals surface area contributed by atoms with Crippen LogP contribution in [0.2, 0.25) is 0 Å². The van der Waals surface area contributed by atoms with Gasteiger partial charge < -0.3 is 5.73 Å². The molecular weight excluding hydrogens is 254 g/mol. The summed E-state index contributed by atoms with van der Waals surface area (Å²) in [6.07, 6.45) is 7.74. The molecule has 1 nitrogen and oxygen atoms in total. The first-order chi connectivity index (χ1) is 9.93. The van der Waals surface area contributed by atoms with Crippen molar-refractivity contribution < 1.29 is 0 Å². The minimum atomic E-state index is 0.203. The van der Waals surface area contributed by atoms with E-state index in [0.29, 0.717) is 11.3 Å². The average Bonchev–Trinajstić information content (AvgIpc) is 2.86. The van der Waals surface area contributed by atoms with E-state index in [1.807, 2.05) is 0 Å². The molecule has 1 atom stereocenters. The number of rotatable bonds is 6. The number of benzene rings is 1. The van der Waals surface area contributed by atoms with Crippen molar-refractivity contribution in [1.29, 1.82) is 0 Å². The molecule has 2 rings (SSSR count). The van der Waals surface area contributed by atoms with E-state index < -0.39 is 0 Å². The summed E-state index contributed by atoms with van der Waals surface area (Å²) in [6, 6.07) is 9.26. The Morgan fingerprint density at radius 2 is 1.71 bits per heavy atom. The Hall–Kier alpha value is -0.820. The van der Waals surface area contributed by atoms with Crippen molar-refractivity contribution in [3.05, 3.63) is 35.4 Å². The highest BCUT2D eigenvalue weighted by Gasteiger charge is 2.40. The van der Waals surface area contributed by atoms with Gasteiger partial charge in [0, 0.05) is 6.04 Å². The molecule has 0 radical (unpaired) electrons. The van der Waals surface area contributed by atoms with Crippen LogP contribution in [0, 0.1) is 17.3 Å².